The lowest BCUT2D eigenvalue weighted by molar-refractivity contribution is -0.242. The smallest absolute Gasteiger partial charge is 0.331 e. The van der Waals surface area contributed by atoms with Crippen molar-refractivity contribution in [2.24, 2.45) is 0 Å². The fourth-order valence-electron chi connectivity index (χ4n) is 6.96. The molecule has 6 saturated heterocycles. The SMILES string of the molecule is CC1(C)O[C@H]2[C@@H](O1)[C@@H](CO)O[C@@H]1OC(C)(C)O[C@@H]12.CCN(CC)CC.CCl.COC(=O)/C=C/C(=O)Cl.COC(=O)/C=C/C(=O)OC[C@H]1O[C@@H]2OC(C)(C)O[C@@H]2[C@H]2OC(C)(C)O[C@H]21.ClCCl. The van der Waals surface area contributed by atoms with Crippen LogP contribution in [0.25, 0.3) is 0 Å². The quantitative estimate of drug-likeness (QED) is 0.0987. The number of rotatable bonds is 10. The van der Waals surface area contributed by atoms with E-state index in [-0.39, 0.29) is 36.9 Å². The second-order valence-electron chi connectivity index (χ2n) is 16.0. The number of carbonyl (C=O) groups excluding carboxylic acids is 4. The maximum absolute atomic E-state index is 11.8. The number of halogens is 4. The molecule has 6 fully saturated rings. The van der Waals surface area contributed by atoms with E-state index in [2.05, 4.69) is 46.7 Å². The van der Waals surface area contributed by atoms with Crippen LogP contribution in [0.4, 0.5) is 0 Å². The van der Waals surface area contributed by atoms with Crippen molar-refractivity contribution >= 4 is 69.6 Å². The van der Waals surface area contributed by atoms with Gasteiger partial charge in [-0.2, -0.15) is 0 Å². The van der Waals surface area contributed by atoms with Gasteiger partial charge in [0.05, 0.1) is 26.2 Å². The normalized spacial score (nSPS) is 31.2. The molecule has 0 aromatic rings. The molecule has 0 radical (unpaired) electrons. The van der Waals surface area contributed by atoms with Crippen molar-refractivity contribution in [3.8, 4) is 0 Å². The van der Waals surface area contributed by atoms with Crippen LogP contribution in [0.3, 0.4) is 0 Å². The Labute approximate surface area is 402 Å². The fourth-order valence-corrected chi connectivity index (χ4v) is 7.02. The van der Waals surface area contributed by atoms with Crippen LogP contribution >= 0.6 is 46.4 Å². The van der Waals surface area contributed by atoms with Crippen molar-refractivity contribution < 1.29 is 85.9 Å². The summed E-state index contributed by atoms with van der Waals surface area (Å²) in [7, 11) is 2.43. The monoisotopic (exact) mass is 1020 g/mol. The van der Waals surface area contributed by atoms with Gasteiger partial charge in [0.2, 0.25) is 5.24 Å². The first-order chi connectivity index (χ1) is 30.3. The zero-order valence-electron chi connectivity index (χ0n) is 39.7. The second-order valence-corrected chi connectivity index (χ2v) is 17.1. The third kappa shape index (κ3) is 20.4. The Hall–Kier alpha value is -1.76. The molecule has 0 aromatic heterocycles. The van der Waals surface area contributed by atoms with E-state index < -0.39 is 89.4 Å². The first-order valence-electron chi connectivity index (χ1n) is 20.8. The zero-order chi connectivity index (χ0) is 49.9. The van der Waals surface area contributed by atoms with Gasteiger partial charge in [0.1, 0.15) is 55.4 Å². The number of esters is 3. The van der Waals surface area contributed by atoms with E-state index in [4.69, 9.17) is 86.9 Å². The van der Waals surface area contributed by atoms with E-state index in [9.17, 15) is 24.3 Å². The van der Waals surface area contributed by atoms with Gasteiger partial charge in [-0.05, 0) is 86.6 Å². The Morgan fingerprint density at radius 1 is 0.554 bits per heavy atom. The van der Waals surface area contributed by atoms with Crippen LogP contribution in [0.2, 0.25) is 0 Å². The highest BCUT2D eigenvalue weighted by Crippen LogP contribution is 2.45. The van der Waals surface area contributed by atoms with Gasteiger partial charge in [0, 0.05) is 30.7 Å². The van der Waals surface area contributed by atoms with Crippen molar-refractivity contribution in [1.29, 1.82) is 0 Å². The molecule has 6 rings (SSSR count). The van der Waals surface area contributed by atoms with Crippen molar-refractivity contribution in [3.63, 3.8) is 0 Å². The largest absolute Gasteiger partial charge is 0.466 e. The molecule has 10 atom stereocenters. The van der Waals surface area contributed by atoms with E-state index in [1.54, 1.807) is 27.7 Å². The number of allylic oxidation sites excluding steroid dienone is 1. The van der Waals surface area contributed by atoms with Crippen molar-refractivity contribution in [2.75, 3.05) is 58.8 Å². The van der Waals surface area contributed by atoms with Crippen LogP contribution in [0.5, 0.6) is 0 Å². The summed E-state index contributed by atoms with van der Waals surface area (Å²) in [6.07, 6.45) is 0.823. The summed E-state index contributed by atoms with van der Waals surface area (Å²) in [6.45, 7) is 24.4. The van der Waals surface area contributed by atoms with Gasteiger partial charge in [-0.15, -0.1) is 34.8 Å². The summed E-state index contributed by atoms with van der Waals surface area (Å²) in [5, 5.41) is 8.90. The molecule has 0 bridgehead atoms. The highest BCUT2D eigenvalue weighted by molar-refractivity contribution is 6.66. The first-order valence-corrected chi connectivity index (χ1v) is 23.0. The second kappa shape index (κ2) is 28.7. The number of hydrogen-bond acceptors (Lipinski definition) is 19. The molecular weight excluding hydrogens is 948 g/mol. The minimum atomic E-state index is -0.823. The fraction of sp³-hybridized carbons (Fsp3) is 0.810. The average molecular weight is 1020 g/mol. The van der Waals surface area contributed by atoms with Crippen LogP contribution < -0.4 is 0 Å². The molecule has 19 nitrogen and oxygen atoms in total. The number of ether oxygens (including phenoxy) is 13. The standard InChI is InChI=1S/C17H24O9.C12H20O6.C6H15N.C5H5ClO3.CH2Cl2.CH3Cl/c1-16(2)23-12-9(8-21-11(19)7-6-10(18)20-5)22-15-14(13(12)24-16)25-17(3,4)26-15;1-11(2)15-7-6(5-13)14-10-9(8(7)16-11)17-12(3,4)18-10;1-4-7(5-2)6-3;1-9-5(8)3-2-4(6)7;2-1-3;1-2/h6-7,9,12-15H,8H2,1-5H3;6-10,13H,5H2,1-4H3;4-6H2,1-3H3;2-3H,1H3;1H2;1H3/b7-6+;;;3-2+;;/t9-,12+,13+,14-,15-;6-,7+,8+,9-,10-;;;;/m11..../s1. The molecule has 0 aromatic carbocycles. The highest BCUT2D eigenvalue weighted by atomic mass is 35.5. The van der Waals surface area contributed by atoms with Crippen molar-refractivity contribution in [2.45, 2.75) is 161 Å². The van der Waals surface area contributed by atoms with Crippen molar-refractivity contribution in [3.05, 3.63) is 24.3 Å². The Kier molecular flexibility index (Phi) is 27.0. The maximum Gasteiger partial charge on any atom is 0.331 e. The summed E-state index contributed by atoms with van der Waals surface area (Å²) in [6, 6.07) is 0. The van der Waals surface area contributed by atoms with Crippen LogP contribution in [-0.4, -0.2) is 177 Å². The highest BCUT2D eigenvalue weighted by Gasteiger charge is 2.62. The molecule has 378 valence electrons. The van der Waals surface area contributed by atoms with Crippen molar-refractivity contribution in [1.82, 2.24) is 4.90 Å². The van der Waals surface area contributed by atoms with Gasteiger partial charge >= 0.3 is 17.9 Å². The Bertz CT molecular complexity index is 1520. The van der Waals surface area contributed by atoms with Gasteiger partial charge in [0.25, 0.3) is 0 Å². The number of carbonyl (C=O) groups is 4. The molecule has 1 N–H and O–H groups in total. The third-order valence-corrected chi connectivity index (χ3v) is 9.65. The molecule has 0 aliphatic carbocycles. The number of hydrogen-bond donors (Lipinski definition) is 1. The molecule has 6 aliphatic heterocycles. The van der Waals surface area contributed by atoms with Gasteiger partial charge in [-0.25, -0.2) is 14.4 Å². The van der Waals surface area contributed by atoms with E-state index >= 15 is 0 Å². The Morgan fingerprint density at radius 2 is 0.877 bits per heavy atom. The molecule has 65 heavy (non-hydrogen) atoms. The van der Waals surface area contributed by atoms with E-state index in [0.29, 0.717) is 0 Å². The van der Waals surface area contributed by atoms with E-state index in [0.717, 1.165) is 24.3 Å². The van der Waals surface area contributed by atoms with Crippen LogP contribution in [-0.2, 0) is 80.8 Å². The number of methoxy groups -OCH3 is 2. The zero-order valence-corrected chi connectivity index (χ0v) is 42.7. The lowest BCUT2D eigenvalue weighted by Crippen LogP contribution is -2.56. The number of fused-ring (bicyclic) bond motifs is 6. The van der Waals surface area contributed by atoms with E-state index in [1.165, 1.54) is 40.2 Å². The summed E-state index contributed by atoms with van der Waals surface area (Å²) in [4.78, 5) is 45.3. The Balaban J connectivity index is 0.000000467. The maximum atomic E-state index is 11.8. The number of alkyl halides is 3. The van der Waals surface area contributed by atoms with Gasteiger partial charge in [-0.3, -0.25) is 4.79 Å². The summed E-state index contributed by atoms with van der Waals surface area (Å²) >= 11 is 19.0. The number of nitrogens with zero attached hydrogens (tertiary/aromatic N) is 1. The summed E-state index contributed by atoms with van der Waals surface area (Å²) in [5.41, 5.74) is 0. The molecular formula is C42H69Cl4NO18. The predicted molar refractivity (Wildman–Crippen MR) is 238 cm³/mol. The number of aliphatic hydroxyl groups is 1. The molecule has 6 aliphatic rings. The van der Waals surface area contributed by atoms with Gasteiger partial charge in [-0.1, -0.05) is 20.8 Å². The van der Waals surface area contributed by atoms with Crippen LogP contribution in [0, 0.1) is 0 Å². The minimum Gasteiger partial charge on any atom is -0.466 e. The molecule has 6 heterocycles. The van der Waals surface area contributed by atoms with Gasteiger partial charge < -0.3 is 71.6 Å². The molecule has 0 spiro atoms. The summed E-state index contributed by atoms with van der Waals surface area (Å²) in [5.74, 6) is -4.98. The lowest BCUT2D eigenvalue weighted by Gasteiger charge is -2.36. The first kappa shape index (κ1) is 61.3. The van der Waals surface area contributed by atoms with Gasteiger partial charge in [0.15, 0.2) is 35.7 Å². The molecule has 0 saturated carbocycles. The topological polar surface area (TPSA) is 212 Å². The Morgan fingerprint density at radius 3 is 1.23 bits per heavy atom. The predicted octanol–water partition coefficient (Wildman–Crippen LogP) is 5.14. The number of aliphatic hydroxyl groups excluding tert-OH is 1. The molecule has 23 heteroatoms. The minimum absolute atomic E-state index is 0.0854. The molecule has 0 amide bonds. The van der Waals surface area contributed by atoms with Crippen LogP contribution in [0.1, 0.15) is 76.2 Å². The molecule has 0 unspecified atom stereocenters. The third-order valence-electron chi connectivity index (χ3n) is 9.52. The average Bonchev–Trinajstić information content (AvgIpc) is 3.96. The summed E-state index contributed by atoms with van der Waals surface area (Å²) < 4.78 is 72.0. The lowest BCUT2D eigenvalue weighted by atomic mass is 9.99. The van der Waals surface area contributed by atoms with E-state index in [1.807, 2.05) is 27.7 Å². The van der Waals surface area contributed by atoms with Crippen LogP contribution in [0.15, 0.2) is 24.3 Å².